The van der Waals surface area contributed by atoms with E-state index in [9.17, 15) is 4.79 Å². The van der Waals surface area contributed by atoms with Crippen molar-refractivity contribution < 1.29 is 9.53 Å². The number of ether oxygens (including phenoxy) is 1. The molecule has 4 nitrogen and oxygen atoms in total. The molecule has 0 saturated carbocycles. The Balaban J connectivity index is 1.30. The quantitative estimate of drug-likeness (QED) is 0.611. The molecule has 0 radical (unpaired) electrons. The van der Waals surface area contributed by atoms with Crippen molar-refractivity contribution >= 4 is 16.7 Å². The molecular weight excluding hydrogens is 348 g/mol. The van der Waals surface area contributed by atoms with Crippen LogP contribution in [0.5, 0.6) is 5.75 Å². The van der Waals surface area contributed by atoms with Crippen molar-refractivity contribution in [3.05, 3.63) is 77.9 Å². The van der Waals surface area contributed by atoms with Crippen LogP contribution in [0.25, 0.3) is 10.8 Å². The molecule has 28 heavy (non-hydrogen) atoms. The highest BCUT2D eigenvalue weighted by Gasteiger charge is 2.30. The molecule has 144 valence electrons. The third kappa shape index (κ3) is 4.52. The molecule has 1 aliphatic rings. The van der Waals surface area contributed by atoms with Crippen LogP contribution in [0.3, 0.4) is 0 Å². The van der Waals surface area contributed by atoms with Gasteiger partial charge in [-0.25, -0.2) is 0 Å². The van der Waals surface area contributed by atoms with E-state index in [4.69, 9.17) is 10.5 Å². The Kier molecular flexibility index (Phi) is 5.58. The molecule has 0 unspecified atom stereocenters. The van der Waals surface area contributed by atoms with Gasteiger partial charge in [-0.2, -0.15) is 0 Å². The summed E-state index contributed by atoms with van der Waals surface area (Å²) in [6, 6.07) is 23.3. The molecule has 1 amide bonds. The molecule has 1 heterocycles. The molecule has 0 aliphatic carbocycles. The number of likely N-dealkylation sites (tertiary alicyclic amines) is 1. The van der Waals surface area contributed by atoms with Crippen molar-refractivity contribution in [1.82, 2.24) is 4.90 Å². The van der Waals surface area contributed by atoms with E-state index in [0.29, 0.717) is 6.61 Å². The Morgan fingerprint density at radius 1 is 0.964 bits per heavy atom. The predicted molar refractivity (Wildman–Crippen MR) is 112 cm³/mol. The van der Waals surface area contributed by atoms with Crippen LogP contribution in [0.4, 0.5) is 0 Å². The molecule has 0 bridgehead atoms. The second-order valence-corrected chi connectivity index (χ2v) is 7.57. The van der Waals surface area contributed by atoms with Gasteiger partial charge in [0.25, 0.3) is 0 Å². The first-order valence-electron chi connectivity index (χ1n) is 9.88. The Morgan fingerprint density at radius 3 is 2.50 bits per heavy atom. The van der Waals surface area contributed by atoms with Crippen molar-refractivity contribution in [2.75, 3.05) is 19.7 Å². The van der Waals surface area contributed by atoms with Crippen molar-refractivity contribution in [3.8, 4) is 5.75 Å². The van der Waals surface area contributed by atoms with Gasteiger partial charge in [0, 0.05) is 19.6 Å². The van der Waals surface area contributed by atoms with E-state index < -0.39 is 0 Å². The molecule has 4 heteroatoms. The first kappa shape index (κ1) is 18.5. The van der Waals surface area contributed by atoms with Gasteiger partial charge in [0.15, 0.2) is 0 Å². The van der Waals surface area contributed by atoms with Crippen LogP contribution in [0.1, 0.15) is 17.5 Å². The van der Waals surface area contributed by atoms with Crippen LogP contribution in [0.15, 0.2) is 66.7 Å². The number of fused-ring (bicyclic) bond motifs is 1. The number of benzene rings is 3. The fraction of sp³-hybridized carbons (Fsp3) is 0.292. The number of nitrogens with zero attached hydrogens (tertiary/aromatic N) is 1. The third-order valence-electron chi connectivity index (χ3n) is 5.36. The van der Waals surface area contributed by atoms with Crippen LogP contribution in [0.2, 0.25) is 0 Å². The Bertz CT molecular complexity index is 949. The molecule has 4 rings (SSSR count). The summed E-state index contributed by atoms with van der Waals surface area (Å²) >= 11 is 0. The van der Waals surface area contributed by atoms with Crippen LogP contribution in [0, 0.1) is 5.92 Å². The lowest BCUT2D eigenvalue weighted by Gasteiger charge is -2.37. The Labute approximate surface area is 165 Å². The van der Waals surface area contributed by atoms with E-state index in [1.165, 1.54) is 21.9 Å². The van der Waals surface area contributed by atoms with Gasteiger partial charge in [0.1, 0.15) is 5.75 Å². The molecule has 3 aromatic carbocycles. The van der Waals surface area contributed by atoms with E-state index >= 15 is 0 Å². The summed E-state index contributed by atoms with van der Waals surface area (Å²) in [6.07, 6.45) is 2.04. The fourth-order valence-corrected chi connectivity index (χ4v) is 3.71. The number of nitrogens with two attached hydrogens (primary N) is 1. The summed E-state index contributed by atoms with van der Waals surface area (Å²) in [6.45, 7) is 3.11. The second-order valence-electron chi connectivity index (χ2n) is 7.57. The van der Waals surface area contributed by atoms with Gasteiger partial charge in [-0.15, -0.1) is 0 Å². The number of carbonyl (C=O) groups excluding carboxylic acids is 1. The predicted octanol–water partition coefficient (Wildman–Crippen LogP) is 3.77. The minimum Gasteiger partial charge on any atom is -0.494 e. The van der Waals surface area contributed by atoms with Gasteiger partial charge in [-0.3, -0.25) is 9.69 Å². The number of hydrogen-bond donors (Lipinski definition) is 1. The smallest absolute Gasteiger partial charge is 0.223 e. The van der Waals surface area contributed by atoms with E-state index in [2.05, 4.69) is 59.5 Å². The first-order valence-corrected chi connectivity index (χ1v) is 9.88. The highest BCUT2D eigenvalue weighted by atomic mass is 16.5. The number of rotatable bonds is 8. The van der Waals surface area contributed by atoms with Crippen molar-refractivity contribution in [3.63, 3.8) is 0 Å². The first-order chi connectivity index (χ1) is 13.7. The highest BCUT2D eigenvalue weighted by Crippen LogP contribution is 2.24. The topological polar surface area (TPSA) is 55.6 Å². The van der Waals surface area contributed by atoms with Crippen LogP contribution in [-0.2, 0) is 17.8 Å². The van der Waals surface area contributed by atoms with E-state index in [-0.39, 0.29) is 11.8 Å². The summed E-state index contributed by atoms with van der Waals surface area (Å²) in [5.41, 5.74) is 7.94. The largest absolute Gasteiger partial charge is 0.494 e. The molecule has 0 aromatic heterocycles. The highest BCUT2D eigenvalue weighted by molar-refractivity contribution is 5.84. The Hall–Kier alpha value is -2.85. The normalized spacial score (nSPS) is 14.7. The lowest BCUT2D eigenvalue weighted by atomic mass is 9.98. The van der Waals surface area contributed by atoms with Crippen LogP contribution >= 0.6 is 0 Å². The van der Waals surface area contributed by atoms with Gasteiger partial charge in [0.05, 0.1) is 12.5 Å². The lowest BCUT2D eigenvalue weighted by molar-refractivity contribution is -0.127. The van der Waals surface area contributed by atoms with Crippen molar-refractivity contribution in [1.29, 1.82) is 0 Å². The van der Waals surface area contributed by atoms with Crippen molar-refractivity contribution in [2.24, 2.45) is 11.7 Å². The maximum Gasteiger partial charge on any atom is 0.223 e. The summed E-state index contributed by atoms with van der Waals surface area (Å²) in [4.78, 5) is 13.4. The molecule has 0 atom stereocenters. The van der Waals surface area contributed by atoms with Crippen LogP contribution in [-0.4, -0.2) is 30.5 Å². The maximum absolute atomic E-state index is 11.1. The Morgan fingerprint density at radius 2 is 1.71 bits per heavy atom. The van der Waals surface area contributed by atoms with E-state index in [1.807, 2.05) is 12.1 Å². The zero-order valence-electron chi connectivity index (χ0n) is 16.0. The van der Waals surface area contributed by atoms with Gasteiger partial charge in [-0.05, 0) is 52.9 Å². The van der Waals surface area contributed by atoms with Crippen molar-refractivity contribution in [2.45, 2.75) is 19.4 Å². The van der Waals surface area contributed by atoms with Crippen LogP contribution < -0.4 is 10.5 Å². The minimum absolute atomic E-state index is 0.0158. The average molecular weight is 374 g/mol. The van der Waals surface area contributed by atoms with Gasteiger partial charge >= 0.3 is 0 Å². The number of carbonyl (C=O) groups is 1. The molecule has 0 spiro atoms. The minimum atomic E-state index is -0.189. The summed E-state index contributed by atoms with van der Waals surface area (Å²) in [5, 5.41) is 2.39. The molecule has 1 fully saturated rings. The summed E-state index contributed by atoms with van der Waals surface area (Å²) in [5.74, 6) is 0.744. The molecule has 1 aliphatic heterocycles. The van der Waals surface area contributed by atoms with Gasteiger partial charge in [-0.1, -0.05) is 48.5 Å². The van der Waals surface area contributed by atoms with E-state index in [1.54, 1.807) is 0 Å². The van der Waals surface area contributed by atoms with Gasteiger partial charge < -0.3 is 10.5 Å². The molecule has 1 saturated heterocycles. The summed E-state index contributed by atoms with van der Waals surface area (Å²) < 4.78 is 5.94. The lowest BCUT2D eigenvalue weighted by Crippen LogP contribution is -2.51. The number of amides is 1. The zero-order valence-corrected chi connectivity index (χ0v) is 16.0. The maximum atomic E-state index is 11.1. The summed E-state index contributed by atoms with van der Waals surface area (Å²) in [7, 11) is 0. The number of primary amides is 1. The number of aryl methyl sites for hydroxylation is 1. The average Bonchev–Trinajstić information content (AvgIpc) is 2.68. The standard InChI is InChI=1S/C24H26N2O2/c25-24(27)22-16-26(17-22)15-19-8-9-21-14-23(11-10-20(21)13-19)28-12-4-7-18-5-2-1-3-6-18/h1-3,5-6,8-11,13-14,22H,4,7,12,15-17H2,(H2,25,27). The third-order valence-corrected chi connectivity index (χ3v) is 5.36. The fourth-order valence-electron chi connectivity index (χ4n) is 3.71. The zero-order chi connectivity index (χ0) is 19.3. The molecular formula is C24H26N2O2. The second kappa shape index (κ2) is 8.44. The van der Waals surface area contributed by atoms with E-state index in [0.717, 1.165) is 38.2 Å². The number of hydrogen-bond acceptors (Lipinski definition) is 3. The molecule has 3 aromatic rings. The SMILES string of the molecule is NC(=O)C1CN(Cc2ccc3cc(OCCCc4ccccc4)ccc3c2)C1. The monoisotopic (exact) mass is 374 g/mol. The van der Waals surface area contributed by atoms with Gasteiger partial charge in [0.2, 0.25) is 5.91 Å². The molecule has 2 N–H and O–H groups in total.